The first-order valence-electron chi connectivity index (χ1n) is 9.36. The van der Waals surface area contributed by atoms with Gasteiger partial charge in [0.15, 0.2) is 0 Å². The number of fused-ring (bicyclic) bond motifs is 1. The summed E-state index contributed by atoms with van der Waals surface area (Å²) in [4.78, 5) is 34.1. The number of amides is 1. The van der Waals surface area contributed by atoms with Gasteiger partial charge >= 0.3 is 0 Å². The molecule has 0 radical (unpaired) electrons. The molecule has 0 aliphatic carbocycles. The number of hydrogen-bond donors (Lipinski definition) is 2. The van der Waals surface area contributed by atoms with Gasteiger partial charge in [-0.05, 0) is 50.6 Å². The van der Waals surface area contributed by atoms with Gasteiger partial charge in [0.05, 0.1) is 5.39 Å². The number of aryl methyl sites for hydroxylation is 3. The van der Waals surface area contributed by atoms with Gasteiger partial charge in [-0.1, -0.05) is 12.1 Å². The molecule has 1 amide bonds. The fourth-order valence-corrected chi connectivity index (χ4v) is 4.27. The summed E-state index contributed by atoms with van der Waals surface area (Å²) >= 11 is 1.52. The SMILES string of the molecule is Cc1ccc(-c2cccc(C(=O)NCCc3nc4sc(C)c(C)c4c(=O)[nH]3)c2)o1. The molecule has 0 saturated heterocycles. The molecule has 0 bridgehead atoms. The number of nitrogens with zero attached hydrogens (tertiary/aromatic N) is 1. The van der Waals surface area contributed by atoms with Crippen molar-refractivity contribution in [3.63, 3.8) is 0 Å². The van der Waals surface area contributed by atoms with Crippen LogP contribution in [0.25, 0.3) is 21.5 Å². The number of carbonyl (C=O) groups is 1. The normalized spacial score (nSPS) is 11.1. The molecule has 148 valence electrons. The van der Waals surface area contributed by atoms with Gasteiger partial charge in [-0.2, -0.15) is 0 Å². The second-order valence-corrected chi connectivity index (χ2v) is 8.18. The molecular weight excluding hydrogens is 386 g/mol. The second-order valence-electron chi connectivity index (χ2n) is 6.97. The minimum atomic E-state index is -0.179. The van der Waals surface area contributed by atoms with Crippen molar-refractivity contribution in [3.05, 3.63) is 74.3 Å². The highest BCUT2D eigenvalue weighted by Crippen LogP contribution is 2.25. The molecular formula is C22H21N3O3S. The maximum absolute atomic E-state index is 12.5. The monoisotopic (exact) mass is 407 g/mol. The largest absolute Gasteiger partial charge is 0.461 e. The van der Waals surface area contributed by atoms with E-state index in [4.69, 9.17) is 4.42 Å². The molecule has 1 aromatic carbocycles. The number of aromatic amines is 1. The number of hydrogen-bond acceptors (Lipinski definition) is 5. The summed E-state index contributed by atoms with van der Waals surface area (Å²) in [7, 11) is 0. The van der Waals surface area contributed by atoms with Crippen LogP contribution < -0.4 is 10.9 Å². The number of rotatable bonds is 5. The molecule has 7 heteroatoms. The summed E-state index contributed by atoms with van der Waals surface area (Å²) in [5, 5.41) is 3.54. The molecule has 3 aromatic heterocycles. The Balaban J connectivity index is 1.44. The van der Waals surface area contributed by atoms with Gasteiger partial charge in [0.25, 0.3) is 11.5 Å². The lowest BCUT2D eigenvalue weighted by atomic mass is 10.1. The molecule has 29 heavy (non-hydrogen) atoms. The Labute approximate surface area is 171 Å². The second kappa shape index (κ2) is 7.67. The Bertz CT molecular complexity index is 1270. The molecule has 0 aliphatic heterocycles. The van der Waals surface area contributed by atoms with Crippen LogP contribution in [0.15, 0.2) is 45.6 Å². The number of H-pyrrole nitrogens is 1. The van der Waals surface area contributed by atoms with Crippen molar-refractivity contribution < 1.29 is 9.21 Å². The fourth-order valence-electron chi connectivity index (χ4n) is 3.22. The number of benzene rings is 1. The minimum absolute atomic E-state index is 0.125. The number of nitrogens with one attached hydrogen (secondary N) is 2. The first-order valence-corrected chi connectivity index (χ1v) is 10.2. The van der Waals surface area contributed by atoms with E-state index in [9.17, 15) is 9.59 Å². The summed E-state index contributed by atoms with van der Waals surface area (Å²) in [5.74, 6) is 1.95. The molecule has 0 spiro atoms. The van der Waals surface area contributed by atoms with Crippen molar-refractivity contribution in [1.29, 1.82) is 0 Å². The molecule has 0 unspecified atom stereocenters. The van der Waals surface area contributed by atoms with Gasteiger partial charge in [-0.3, -0.25) is 9.59 Å². The summed E-state index contributed by atoms with van der Waals surface area (Å²) in [6.45, 7) is 6.18. The Hall–Kier alpha value is -3.19. The molecule has 4 aromatic rings. The van der Waals surface area contributed by atoms with E-state index in [1.165, 1.54) is 11.3 Å². The van der Waals surface area contributed by atoms with Crippen LogP contribution in [-0.4, -0.2) is 22.4 Å². The van der Waals surface area contributed by atoms with Crippen LogP contribution >= 0.6 is 11.3 Å². The van der Waals surface area contributed by atoms with Crippen molar-refractivity contribution in [1.82, 2.24) is 15.3 Å². The summed E-state index contributed by atoms with van der Waals surface area (Å²) < 4.78 is 5.63. The third kappa shape index (κ3) is 3.86. The predicted molar refractivity (Wildman–Crippen MR) is 115 cm³/mol. The van der Waals surface area contributed by atoms with Crippen LogP contribution in [0.2, 0.25) is 0 Å². The van der Waals surface area contributed by atoms with Gasteiger partial charge < -0.3 is 14.7 Å². The highest BCUT2D eigenvalue weighted by Gasteiger charge is 2.13. The van der Waals surface area contributed by atoms with Crippen molar-refractivity contribution >= 4 is 27.5 Å². The summed E-state index contributed by atoms with van der Waals surface area (Å²) in [5.41, 5.74) is 2.26. The highest BCUT2D eigenvalue weighted by molar-refractivity contribution is 7.18. The smallest absolute Gasteiger partial charge is 0.259 e. The molecule has 0 saturated carbocycles. The van der Waals surface area contributed by atoms with E-state index in [1.807, 2.05) is 45.0 Å². The van der Waals surface area contributed by atoms with Crippen molar-refractivity contribution in [2.75, 3.05) is 6.54 Å². The zero-order valence-electron chi connectivity index (χ0n) is 16.5. The third-order valence-corrected chi connectivity index (χ3v) is 5.99. The maximum Gasteiger partial charge on any atom is 0.259 e. The van der Waals surface area contributed by atoms with Gasteiger partial charge in [-0.15, -0.1) is 11.3 Å². The zero-order chi connectivity index (χ0) is 20.5. The zero-order valence-corrected chi connectivity index (χ0v) is 17.3. The summed E-state index contributed by atoms with van der Waals surface area (Å²) in [6.07, 6.45) is 0.448. The number of carbonyl (C=O) groups excluding carboxylic acids is 1. The number of thiophene rings is 1. The van der Waals surface area contributed by atoms with E-state index in [0.717, 1.165) is 32.4 Å². The highest BCUT2D eigenvalue weighted by atomic mass is 32.1. The molecule has 4 rings (SSSR count). The predicted octanol–water partition coefficient (Wildman–Crippen LogP) is 4.14. The minimum Gasteiger partial charge on any atom is -0.461 e. The topological polar surface area (TPSA) is 88.0 Å². The standard InChI is InChI=1S/C22H21N3O3S/c1-12-7-8-17(28-12)15-5-4-6-16(11-15)20(26)23-10-9-18-24-21(27)19-13(2)14(3)29-22(19)25-18/h4-8,11H,9-10H2,1-3H3,(H,23,26)(H,24,25,27). The molecule has 0 atom stereocenters. The van der Waals surface area contributed by atoms with Gasteiger partial charge in [-0.25, -0.2) is 4.98 Å². The average Bonchev–Trinajstić information content (AvgIpc) is 3.25. The molecule has 3 heterocycles. The van der Waals surface area contributed by atoms with E-state index in [2.05, 4.69) is 15.3 Å². The van der Waals surface area contributed by atoms with Crippen LogP contribution in [0.3, 0.4) is 0 Å². The maximum atomic E-state index is 12.5. The molecule has 6 nitrogen and oxygen atoms in total. The number of aromatic nitrogens is 2. The van der Waals surface area contributed by atoms with E-state index < -0.39 is 0 Å². The first kappa shape index (κ1) is 19.1. The summed E-state index contributed by atoms with van der Waals surface area (Å²) in [6, 6.07) is 11.1. The van der Waals surface area contributed by atoms with Gasteiger partial charge in [0.1, 0.15) is 22.2 Å². The van der Waals surface area contributed by atoms with Crippen LogP contribution in [0.1, 0.15) is 32.4 Å². The van der Waals surface area contributed by atoms with E-state index >= 15 is 0 Å². The Morgan fingerprint density at radius 2 is 2.03 bits per heavy atom. The lowest BCUT2D eigenvalue weighted by Gasteiger charge is -2.06. The Morgan fingerprint density at radius 1 is 1.21 bits per heavy atom. The fraction of sp³-hybridized carbons (Fsp3) is 0.227. The lowest BCUT2D eigenvalue weighted by Crippen LogP contribution is -2.26. The van der Waals surface area contributed by atoms with E-state index in [-0.39, 0.29) is 11.5 Å². The van der Waals surface area contributed by atoms with Crippen LogP contribution in [0.4, 0.5) is 0 Å². The van der Waals surface area contributed by atoms with E-state index in [1.54, 1.807) is 12.1 Å². The third-order valence-electron chi connectivity index (χ3n) is 4.89. The van der Waals surface area contributed by atoms with E-state index in [0.29, 0.717) is 29.7 Å². The molecule has 2 N–H and O–H groups in total. The van der Waals surface area contributed by atoms with Crippen LogP contribution in [0.5, 0.6) is 0 Å². The first-order chi connectivity index (χ1) is 13.9. The number of furan rings is 1. The van der Waals surface area contributed by atoms with Crippen molar-refractivity contribution in [2.45, 2.75) is 27.2 Å². The average molecular weight is 407 g/mol. The quantitative estimate of drug-likeness (QED) is 0.520. The molecule has 0 aliphatic rings. The van der Waals surface area contributed by atoms with Crippen molar-refractivity contribution in [2.24, 2.45) is 0 Å². The lowest BCUT2D eigenvalue weighted by molar-refractivity contribution is 0.0954. The van der Waals surface area contributed by atoms with Crippen molar-refractivity contribution in [3.8, 4) is 11.3 Å². The Morgan fingerprint density at radius 3 is 2.79 bits per heavy atom. The van der Waals surface area contributed by atoms with Gasteiger partial charge in [0.2, 0.25) is 0 Å². The van der Waals surface area contributed by atoms with Crippen LogP contribution in [-0.2, 0) is 6.42 Å². The van der Waals surface area contributed by atoms with Gasteiger partial charge in [0, 0.05) is 29.0 Å². The molecule has 0 fully saturated rings. The Kier molecular flexibility index (Phi) is 5.07. The van der Waals surface area contributed by atoms with Crippen LogP contribution in [0, 0.1) is 20.8 Å².